The number of aliphatic hydroxyl groups is 1. The number of carbonyl (C=O) groups excluding carboxylic acids is 1. The summed E-state index contributed by atoms with van der Waals surface area (Å²) in [7, 11) is 1.67. The van der Waals surface area contributed by atoms with E-state index in [4.69, 9.17) is 4.74 Å². The summed E-state index contributed by atoms with van der Waals surface area (Å²) >= 11 is 0. The highest BCUT2D eigenvalue weighted by Crippen LogP contribution is 2.26. The number of hydrogen-bond donors (Lipinski definition) is 2. The molecular weight excluding hydrogens is 392 g/mol. The molecule has 1 unspecified atom stereocenters. The van der Waals surface area contributed by atoms with Crippen LogP contribution in [0.25, 0.3) is 5.70 Å². The second-order valence-corrected chi connectivity index (χ2v) is 8.42. The Morgan fingerprint density at radius 3 is 3.00 bits per heavy atom. The quantitative estimate of drug-likeness (QED) is 0.671. The molecule has 7 heteroatoms. The molecule has 2 aliphatic carbocycles. The zero-order valence-electron chi connectivity index (χ0n) is 18.2. The van der Waals surface area contributed by atoms with Crippen LogP contribution in [0.2, 0.25) is 0 Å². The number of methoxy groups -OCH3 is 1. The summed E-state index contributed by atoms with van der Waals surface area (Å²) in [5.74, 6) is 0.787. The molecule has 2 heterocycles. The largest absolute Gasteiger partial charge is 0.501 e. The van der Waals surface area contributed by atoms with Crippen molar-refractivity contribution in [2.45, 2.75) is 44.6 Å². The van der Waals surface area contributed by atoms with Crippen LogP contribution in [0.3, 0.4) is 0 Å². The van der Waals surface area contributed by atoms with E-state index in [0.29, 0.717) is 25.1 Å². The van der Waals surface area contributed by atoms with Gasteiger partial charge in [-0.1, -0.05) is 17.7 Å². The molecule has 4 rings (SSSR count). The molecule has 1 aliphatic heterocycles. The number of nitrogens with one attached hydrogen (secondary N) is 1. The van der Waals surface area contributed by atoms with Gasteiger partial charge in [0.15, 0.2) is 0 Å². The second-order valence-electron chi connectivity index (χ2n) is 8.42. The van der Waals surface area contributed by atoms with Gasteiger partial charge in [0.05, 0.1) is 30.7 Å². The van der Waals surface area contributed by atoms with Crippen molar-refractivity contribution < 1.29 is 14.6 Å². The molecule has 0 radical (unpaired) electrons. The molecule has 31 heavy (non-hydrogen) atoms. The topological polar surface area (TPSA) is 79.6 Å². The minimum atomic E-state index is -0.446. The van der Waals surface area contributed by atoms with Crippen LogP contribution >= 0.6 is 0 Å². The van der Waals surface area contributed by atoms with Gasteiger partial charge < -0.3 is 15.2 Å². The third kappa shape index (κ3) is 5.54. The van der Waals surface area contributed by atoms with Crippen LogP contribution < -0.4 is 5.32 Å². The van der Waals surface area contributed by atoms with Gasteiger partial charge in [0.25, 0.3) is 5.91 Å². The second kappa shape index (κ2) is 10.1. The van der Waals surface area contributed by atoms with Gasteiger partial charge in [-0.2, -0.15) is 5.10 Å². The number of hydrogen-bond acceptors (Lipinski definition) is 5. The van der Waals surface area contributed by atoms with Gasteiger partial charge in [0.1, 0.15) is 0 Å². The average Bonchev–Trinajstić information content (AvgIpc) is 3.29. The van der Waals surface area contributed by atoms with Gasteiger partial charge in [-0.25, -0.2) is 4.68 Å². The first kappa shape index (κ1) is 21.6. The van der Waals surface area contributed by atoms with Crippen molar-refractivity contribution in [1.29, 1.82) is 0 Å². The lowest BCUT2D eigenvalue weighted by Gasteiger charge is -2.32. The van der Waals surface area contributed by atoms with Crippen molar-refractivity contribution in [3.05, 3.63) is 59.2 Å². The molecule has 3 aliphatic rings. The number of ether oxygens (including phenoxy) is 1. The molecule has 0 saturated carbocycles. The lowest BCUT2D eigenvalue weighted by molar-refractivity contribution is 0.0914. The third-order valence-corrected chi connectivity index (χ3v) is 6.22. The predicted octanol–water partition coefficient (Wildman–Crippen LogP) is 2.88. The normalized spacial score (nSPS) is 20.1. The maximum atomic E-state index is 12.4. The number of nitrogens with zero attached hydrogens (tertiary/aromatic N) is 3. The van der Waals surface area contributed by atoms with Crippen LogP contribution in [-0.2, 0) is 4.74 Å². The minimum Gasteiger partial charge on any atom is -0.501 e. The van der Waals surface area contributed by atoms with Crippen molar-refractivity contribution in [3.63, 3.8) is 0 Å². The summed E-state index contributed by atoms with van der Waals surface area (Å²) < 4.78 is 6.99. The molecular formula is C24H32N4O3. The van der Waals surface area contributed by atoms with E-state index in [1.807, 2.05) is 12.2 Å². The molecule has 0 spiro atoms. The Balaban J connectivity index is 1.20. The number of aromatic nitrogens is 2. The van der Waals surface area contributed by atoms with Crippen LogP contribution in [-0.4, -0.2) is 65.1 Å². The van der Waals surface area contributed by atoms with Crippen LogP contribution in [0.15, 0.2) is 53.6 Å². The van der Waals surface area contributed by atoms with E-state index in [0.717, 1.165) is 56.6 Å². The summed E-state index contributed by atoms with van der Waals surface area (Å²) in [5, 5.41) is 17.7. The molecule has 7 nitrogen and oxygen atoms in total. The van der Waals surface area contributed by atoms with Crippen LogP contribution in [0, 0.1) is 0 Å². The summed E-state index contributed by atoms with van der Waals surface area (Å²) in [6.45, 7) is 3.04. The molecule has 1 aromatic rings. The monoisotopic (exact) mass is 424 g/mol. The molecule has 0 fully saturated rings. The fourth-order valence-corrected chi connectivity index (χ4v) is 4.39. The highest BCUT2D eigenvalue weighted by Gasteiger charge is 2.21. The van der Waals surface area contributed by atoms with Crippen molar-refractivity contribution in [2.75, 3.05) is 33.3 Å². The molecule has 1 amide bonds. The van der Waals surface area contributed by atoms with E-state index in [1.165, 1.54) is 11.1 Å². The van der Waals surface area contributed by atoms with Crippen LogP contribution in [0.4, 0.5) is 0 Å². The van der Waals surface area contributed by atoms with Gasteiger partial charge in [-0.15, -0.1) is 0 Å². The van der Waals surface area contributed by atoms with E-state index in [-0.39, 0.29) is 5.91 Å². The number of amides is 1. The average molecular weight is 425 g/mol. The zero-order chi connectivity index (χ0) is 21.6. The molecule has 0 bridgehead atoms. The number of carbonyl (C=O) groups is 1. The Kier molecular flexibility index (Phi) is 7.04. The van der Waals surface area contributed by atoms with Gasteiger partial charge in [0, 0.05) is 44.5 Å². The first-order chi connectivity index (χ1) is 15.1. The highest BCUT2D eigenvalue weighted by molar-refractivity contribution is 5.93. The van der Waals surface area contributed by atoms with E-state index >= 15 is 0 Å². The molecule has 166 valence electrons. The third-order valence-electron chi connectivity index (χ3n) is 6.22. The molecule has 2 N–H and O–H groups in total. The van der Waals surface area contributed by atoms with Crippen molar-refractivity contribution in [2.24, 2.45) is 0 Å². The van der Waals surface area contributed by atoms with Gasteiger partial charge >= 0.3 is 0 Å². The first-order valence-electron chi connectivity index (χ1n) is 11.2. The van der Waals surface area contributed by atoms with Crippen molar-refractivity contribution >= 4 is 11.6 Å². The zero-order valence-corrected chi connectivity index (χ0v) is 18.2. The van der Waals surface area contributed by atoms with Crippen molar-refractivity contribution in [3.8, 4) is 0 Å². The maximum absolute atomic E-state index is 12.4. The van der Waals surface area contributed by atoms with Gasteiger partial charge in [0.2, 0.25) is 0 Å². The predicted molar refractivity (Wildman–Crippen MR) is 120 cm³/mol. The Morgan fingerprint density at radius 1 is 1.29 bits per heavy atom. The van der Waals surface area contributed by atoms with E-state index in [9.17, 15) is 9.90 Å². The van der Waals surface area contributed by atoms with Crippen LogP contribution in [0.1, 0.15) is 48.9 Å². The number of aliphatic hydroxyl groups excluding tert-OH is 1. The number of rotatable bonds is 8. The summed E-state index contributed by atoms with van der Waals surface area (Å²) in [6, 6.07) is 0. The van der Waals surface area contributed by atoms with Crippen LogP contribution in [0.5, 0.6) is 0 Å². The minimum absolute atomic E-state index is 0.162. The Hall–Kier alpha value is -2.64. The maximum Gasteiger partial charge on any atom is 0.254 e. The lowest BCUT2D eigenvalue weighted by Crippen LogP contribution is -2.39. The van der Waals surface area contributed by atoms with Gasteiger partial charge in [-0.3, -0.25) is 9.69 Å². The number of β-amino-alcohol motifs (C(OH)–C–C–N with tert-alkyl or cyclic N) is 1. The number of allylic oxidation sites excluding steroid dienone is 6. The smallest absolute Gasteiger partial charge is 0.254 e. The van der Waals surface area contributed by atoms with E-state index in [2.05, 4.69) is 27.5 Å². The summed E-state index contributed by atoms with van der Waals surface area (Å²) in [6.07, 6.45) is 16.8. The standard InChI is InChI=1S/C24H32N4O3/c1-31-23-8-6-21(7-9-23)28-16-20(14-26-28)24(30)25-12-10-22(29)17-27-13-11-18-4-2-3-5-19(18)15-27/h2,4,6,8,14,16,22,29H,3,5,7,9-13,15,17H2,1H3,(H,25,30). The fourth-order valence-electron chi connectivity index (χ4n) is 4.39. The van der Waals surface area contributed by atoms with Gasteiger partial charge in [-0.05, 0) is 49.8 Å². The highest BCUT2D eigenvalue weighted by atomic mass is 16.5. The fraction of sp³-hybridized carbons (Fsp3) is 0.500. The Morgan fingerprint density at radius 2 is 2.19 bits per heavy atom. The van der Waals surface area contributed by atoms with E-state index in [1.54, 1.807) is 24.2 Å². The first-order valence-corrected chi connectivity index (χ1v) is 11.2. The molecule has 1 aromatic heterocycles. The Bertz CT molecular complexity index is 925. The van der Waals surface area contributed by atoms with E-state index < -0.39 is 6.10 Å². The lowest BCUT2D eigenvalue weighted by atomic mass is 9.92. The SMILES string of the molecule is COC1=CC=C(n2cc(C(=O)NCCC(O)CN3CCC4=C(CCC=C4)C3)cn2)CC1. The molecule has 0 aromatic carbocycles. The van der Waals surface area contributed by atoms with Crippen molar-refractivity contribution in [1.82, 2.24) is 20.0 Å². The molecule has 0 saturated heterocycles. The Labute approximate surface area is 183 Å². The summed E-state index contributed by atoms with van der Waals surface area (Å²) in [5.41, 5.74) is 4.57. The summed E-state index contributed by atoms with van der Waals surface area (Å²) in [4.78, 5) is 14.8. The molecule has 1 atom stereocenters.